The third-order valence-corrected chi connectivity index (χ3v) is 7.65. The molecule has 140 valence electrons. The van der Waals surface area contributed by atoms with Crippen LogP contribution in [0.3, 0.4) is 0 Å². The van der Waals surface area contributed by atoms with Crippen molar-refractivity contribution in [1.82, 2.24) is 0 Å². The molecule has 0 spiro atoms. The maximum Gasteiger partial charge on any atom is -0.000473 e. The largest absolute Gasteiger partial charge is 0.0882 e. The zero-order valence-corrected chi connectivity index (χ0v) is 18.5. The van der Waals surface area contributed by atoms with Gasteiger partial charge in [0, 0.05) is 0 Å². The Morgan fingerprint density at radius 2 is 1.54 bits per heavy atom. The van der Waals surface area contributed by atoms with Crippen LogP contribution in [-0.4, -0.2) is 4.43 Å². The van der Waals surface area contributed by atoms with Gasteiger partial charge in [-0.15, -0.1) is 0 Å². The van der Waals surface area contributed by atoms with E-state index in [9.17, 15) is 0 Å². The molecule has 0 nitrogen and oxygen atoms in total. The zero-order chi connectivity index (χ0) is 17.2. The summed E-state index contributed by atoms with van der Waals surface area (Å²) in [7, 11) is 0. The molecule has 0 bridgehead atoms. The highest BCUT2D eigenvalue weighted by Gasteiger charge is 2.34. The Balaban J connectivity index is 1.58. The van der Waals surface area contributed by atoms with Gasteiger partial charge in [0.1, 0.15) is 0 Å². The average molecular weight is 444 g/mol. The minimum atomic E-state index is 0.886. The fourth-order valence-corrected chi connectivity index (χ4v) is 5.88. The van der Waals surface area contributed by atoms with Gasteiger partial charge in [-0.2, -0.15) is 0 Å². The van der Waals surface area contributed by atoms with Crippen LogP contribution in [0.25, 0.3) is 0 Å². The van der Waals surface area contributed by atoms with Gasteiger partial charge in [0.2, 0.25) is 0 Å². The molecule has 0 N–H and O–H groups in total. The van der Waals surface area contributed by atoms with Crippen LogP contribution in [0.1, 0.15) is 97.3 Å². The molecule has 0 aromatic carbocycles. The van der Waals surface area contributed by atoms with Gasteiger partial charge in [0.15, 0.2) is 0 Å². The molecule has 1 heteroatoms. The van der Waals surface area contributed by atoms with Crippen LogP contribution in [-0.2, 0) is 0 Å². The van der Waals surface area contributed by atoms with E-state index in [1.54, 1.807) is 0 Å². The zero-order valence-electron chi connectivity index (χ0n) is 16.3. The number of unbranched alkanes of at least 4 members (excludes halogenated alkanes) is 6. The lowest BCUT2D eigenvalue weighted by Crippen LogP contribution is -2.32. The topological polar surface area (TPSA) is 0 Å². The molecular weight excluding hydrogens is 403 g/mol. The number of rotatable bonds is 10. The molecule has 0 heterocycles. The van der Waals surface area contributed by atoms with E-state index in [1.165, 1.54) is 87.9 Å². The van der Waals surface area contributed by atoms with Crippen molar-refractivity contribution in [2.24, 2.45) is 29.6 Å². The summed E-state index contributed by atoms with van der Waals surface area (Å²) >= 11 is 2.50. The number of allylic oxidation sites excluding steroid dienone is 2. The van der Waals surface area contributed by atoms with Crippen molar-refractivity contribution in [1.29, 1.82) is 0 Å². The van der Waals surface area contributed by atoms with E-state index in [2.05, 4.69) is 48.6 Å². The van der Waals surface area contributed by atoms with E-state index in [4.69, 9.17) is 0 Å². The summed E-state index contributed by atoms with van der Waals surface area (Å²) in [5.74, 6) is 4.78. The fraction of sp³-hybridized carbons (Fsp3) is 0.913. The first-order chi connectivity index (χ1) is 11.7. The number of halogens is 1. The number of hydrogen-bond donors (Lipinski definition) is 0. The SMILES string of the molecule is CC1CCC=CC1C1CC[C@H](CCCCCCCCCI)CC1C. The van der Waals surface area contributed by atoms with Crippen molar-refractivity contribution in [2.75, 3.05) is 4.43 Å². The van der Waals surface area contributed by atoms with E-state index in [1.807, 2.05) is 0 Å². The van der Waals surface area contributed by atoms with Gasteiger partial charge in [-0.3, -0.25) is 0 Å². The van der Waals surface area contributed by atoms with Crippen LogP contribution >= 0.6 is 22.6 Å². The van der Waals surface area contributed by atoms with Crippen molar-refractivity contribution < 1.29 is 0 Å². The highest BCUT2D eigenvalue weighted by atomic mass is 127. The third-order valence-electron chi connectivity index (χ3n) is 6.89. The molecule has 0 amide bonds. The molecule has 0 aliphatic heterocycles. The van der Waals surface area contributed by atoms with Gasteiger partial charge in [0.25, 0.3) is 0 Å². The number of alkyl halides is 1. The minimum absolute atomic E-state index is 0.886. The van der Waals surface area contributed by atoms with Crippen molar-refractivity contribution in [3.63, 3.8) is 0 Å². The predicted molar refractivity (Wildman–Crippen MR) is 117 cm³/mol. The molecule has 5 atom stereocenters. The van der Waals surface area contributed by atoms with Crippen LogP contribution in [0, 0.1) is 29.6 Å². The summed E-state index contributed by atoms with van der Waals surface area (Å²) in [6.07, 6.45) is 24.1. The normalized spacial score (nSPS) is 33.7. The minimum Gasteiger partial charge on any atom is -0.0882 e. The standard InChI is InChI=1S/C23H41I/c1-19-12-9-10-14-22(19)23-16-15-21(18-20(23)2)13-8-6-4-3-5-7-11-17-24/h10,14,19-23H,3-9,11-13,15-18H2,1-2H3/t19?,20?,21-,22?,23?/m0/s1. The molecule has 0 aromatic rings. The smallest absolute Gasteiger partial charge is 0.000473 e. The van der Waals surface area contributed by atoms with E-state index < -0.39 is 0 Å². The van der Waals surface area contributed by atoms with E-state index in [0.29, 0.717) is 0 Å². The van der Waals surface area contributed by atoms with Crippen molar-refractivity contribution >= 4 is 22.6 Å². The molecule has 0 radical (unpaired) electrons. The Morgan fingerprint density at radius 1 is 0.833 bits per heavy atom. The molecule has 0 saturated heterocycles. The molecule has 24 heavy (non-hydrogen) atoms. The first kappa shape index (κ1) is 20.8. The second-order valence-corrected chi connectivity index (χ2v) is 9.91. The van der Waals surface area contributed by atoms with E-state index in [-0.39, 0.29) is 0 Å². The highest BCUT2D eigenvalue weighted by molar-refractivity contribution is 14.1. The van der Waals surface area contributed by atoms with Crippen LogP contribution < -0.4 is 0 Å². The average Bonchev–Trinajstić information content (AvgIpc) is 2.58. The van der Waals surface area contributed by atoms with Crippen LogP contribution in [0.2, 0.25) is 0 Å². The molecule has 2 aliphatic rings. The van der Waals surface area contributed by atoms with E-state index in [0.717, 1.165) is 29.6 Å². The van der Waals surface area contributed by atoms with Gasteiger partial charge in [-0.05, 0) is 66.1 Å². The van der Waals surface area contributed by atoms with Crippen LogP contribution in [0.15, 0.2) is 12.2 Å². The van der Waals surface area contributed by atoms with E-state index >= 15 is 0 Å². The molecule has 4 unspecified atom stereocenters. The summed E-state index contributed by atoms with van der Waals surface area (Å²) in [6, 6.07) is 0. The Labute approximate surface area is 165 Å². The fourth-order valence-electron chi connectivity index (χ4n) is 5.34. The summed E-state index contributed by atoms with van der Waals surface area (Å²) in [4.78, 5) is 0. The first-order valence-corrected chi connectivity index (χ1v) is 12.5. The molecule has 1 fully saturated rings. The molecule has 0 aromatic heterocycles. The maximum absolute atomic E-state index is 2.58. The monoisotopic (exact) mass is 444 g/mol. The quantitative estimate of drug-likeness (QED) is 0.138. The van der Waals surface area contributed by atoms with Gasteiger partial charge in [-0.1, -0.05) is 100.0 Å². The lowest BCUT2D eigenvalue weighted by Gasteiger charge is -2.41. The van der Waals surface area contributed by atoms with Gasteiger partial charge >= 0.3 is 0 Å². The second-order valence-electron chi connectivity index (χ2n) is 8.83. The van der Waals surface area contributed by atoms with Gasteiger partial charge in [0.05, 0.1) is 0 Å². The second kappa shape index (κ2) is 12.0. The molecule has 1 saturated carbocycles. The third kappa shape index (κ3) is 7.00. The Hall–Kier alpha value is 0.470. The number of hydrogen-bond acceptors (Lipinski definition) is 0. The van der Waals surface area contributed by atoms with Crippen molar-refractivity contribution in [2.45, 2.75) is 97.3 Å². The summed E-state index contributed by atoms with van der Waals surface area (Å²) in [6.45, 7) is 5.05. The lowest BCUT2D eigenvalue weighted by molar-refractivity contribution is 0.117. The summed E-state index contributed by atoms with van der Waals surface area (Å²) < 4.78 is 1.34. The maximum atomic E-state index is 2.58. The van der Waals surface area contributed by atoms with Crippen LogP contribution in [0.5, 0.6) is 0 Å². The summed E-state index contributed by atoms with van der Waals surface area (Å²) in [5.41, 5.74) is 0. The Bertz CT molecular complexity index is 348. The van der Waals surface area contributed by atoms with Crippen molar-refractivity contribution in [3.8, 4) is 0 Å². The van der Waals surface area contributed by atoms with Gasteiger partial charge < -0.3 is 0 Å². The summed E-state index contributed by atoms with van der Waals surface area (Å²) in [5, 5.41) is 0. The molecule has 2 rings (SSSR count). The Morgan fingerprint density at radius 3 is 2.21 bits per heavy atom. The molecule has 2 aliphatic carbocycles. The van der Waals surface area contributed by atoms with Crippen molar-refractivity contribution in [3.05, 3.63) is 12.2 Å². The van der Waals surface area contributed by atoms with Crippen LogP contribution in [0.4, 0.5) is 0 Å². The predicted octanol–water partition coefficient (Wildman–Crippen LogP) is 8.20. The Kier molecular flexibility index (Phi) is 10.4. The highest BCUT2D eigenvalue weighted by Crippen LogP contribution is 2.44. The first-order valence-electron chi connectivity index (χ1n) is 10.9. The molecular formula is C23H41I. The lowest BCUT2D eigenvalue weighted by atomic mass is 9.64. The van der Waals surface area contributed by atoms with Gasteiger partial charge in [-0.25, -0.2) is 0 Å².